The van der Waals surface area contributed by atoms with E-state index in [1.165, 1.54) is 0 Å². The summed E-state index contributed by atoms with van der Waals surface area (Å²) in [4.78, 5) is 11.1. The first-order valence-corrected chi connectivity index (χ1v) is 4.68. The predicted octanol–water partition coefficient (Wildman–Crippen LogP) is 1.16. The molecule has 0 saturated heterocycles. The van der Waals surface area contributed by atoms with Crippen molar-refractivity contribution in [1.29, 1.82) is 0 Å². The number of rotatable bonds is 5. The molecule has 0 aliphatic carbocycles. The summed E-state index contributed by atoms with van der Waals surface area (Å²) in [5, 5.41) is 2.30. The van der Waals surface area contributed by atoms with E-state index in [2.05, 4.69) is 12.1 Å². The van der Waals surface area contributed by atoms with Crippen LogP contribution in [0.4, 0.5) is 0 Å². The maximum absolute atomic E-state index is 11.1. The van der Waals surface area contributed by atoms with Crippen LogP contribution >= 0.6 is 0 Å². The number of unbranched alkanes of at least 4 members (excludes halogenated alkanes) is 2. The SMILES string of the molecule is CCCCCc1o[nH]c(=O)c1CN. The average molecular weight is 184 g/mol. The minimum atomic E-state index is -0.186. The largest absolute Gasteiger partial charge is 0.383 e. The zero-order valence-corrected chi connectivity index (χ0v) is 7.93. The van der Waals surface area contributed by atoms with E-state index in [4.69, 9.17) is 10.3 Å². The van der Waals surface area contributed by atoms with E-state index in [-0.39, 0.29) is 12.1 Å². The fraction of sp³-hybridized carbons (Fsp3) is 0.667. The van der Waals surface area contributed by atoms with Crippen LogP contribution in [0.15, 0.2) is 9.32 Å². The Balaban J connectivity index is 2.60. The Labute approximate surface area is 77.1 Å². The van der Waals surface area contributed by atoms with Crippen LogP contribution in [0.25, 0.3) is 0 Å². The predicted molar refractivity (Wildman–Crippen MR) is 50.4 cm³/mol. The second kappa shape index (κ2) is 4.87. The van der Waals surface area contributed by atoms with Gasteiger partial charge >= 0.3 is 0 Å². The molecule has 0 atom stereocenters. The van der Waals surface area contributed by atoms with Crippen molar-refractivity contribution >= 4 is 0 Å². The number of hydrogen-bond acceptors (Lipinski definition) is 3. The molecule has 0 bridgehead atoms. The van der Waals surface area contributed by atoms with Crippen LogP contribution in [-0.4, -0.2) is 5.16 Å². The van der Waals surface area contributed by atoms with Crippen molar-refractivity contribution in [1.82, 2.24) is 5.16 Å². The molecule has 0 aromatic carbocycles. The molecular formula is C9H16N2O2. The molecular weight excluding hydrogens is 168 g/mol. The van der Waals surface area contributed by atoms with Crippen molar-refractivity contribution in [3.05, 3.63) is 21.7 Å². The molecule has 1 rings (SSSR count). The van der Waals surface area contributed by atoms with E-state index in [0.717, 1.165) is 31.4 Å². The summed E-state index contributed by atoms with van der Waals surface area (Å²) in [6.45, 7) is 2.39. The Morgan fingerprint density at radius 2 is 2.23 bits per heavy atom. The number of aromatic nitrogens is 1. The smallest absolute Gasteiger partial charge is 0.284 e. The van der Waals surface area contributed by atoms with Gasteiger partial charge in [-0.15, -0.1) is 0 Å². The van der Waals surface area contributed by atoms with Crippen LogP contribution in [0.3, 0.4) is 0 Å². The first kappa shape index (κ1) is 10.1. The molecule has 0 amide bonds. The van der Waals surface area contributed by atoms with Gasteiger partial charge in [0.1, 0.15) is 5.76 Å². The Kier molecular flexibility index (Phi) is 3.76. The van der Waals surface area contributed by atoms with Crippen LogP contribution in [0.2, 0.25) is 0 Å². The fourth-order valence-corrected chi connectivity index (χ4v) is 1.30. The lowest BCUT2D eigenvalue weighted by Crippen LogP contribution is -2.11. The summed E-state index contributed by atoms with van der Waals surface area (Å²) in [6.07, 6.45) is 4.16. The molecule has 1 heterocycles. The normalized spacial score (nSPS) is 10.6. The van der Waals surface area contributed by atoms with Crippen LogP contribution in [0.1, 0.15) is 37.5 Å². The lowest BCUT2D eigenvalue weighted by molar-refractivity contribution is 0.373. The number of nitrogens with two attached hydrogens (primary N) is 1. The van der Waals surface area contributed by atoms with Crippen molar-refractivity contribution in [3.63, 3.8) is 0 Å². The molecule has 0 unspecified atom stereocenters. The average Bonchev–Trinajstić information content (AvgIpc) is 2.47. The fourth-order valence-electron chi connectivity index (χ4n) is 1.30. The maximum atomic E-state index is 11.1. The van der Waals surface area contributed by atoms with E-state index in [1.54, 1.807) is 0 Å². The number of nitrogens with one attached hydrogen (secondary N) is 1. The summed E-state index contributed by atoms with van der Waals surface area (Å²) in [7, 11) is 0. The van der Waals surface area contributed by atoms with Crippen LogP contribution in [-0.2, 0) is 13.0 Å². The third-order valence-electron chi connectivity index (χ3n) is 2.09. The van der Waals surface area contributed by atoms with Gasteiger partial charge in [-0.2, -0.15) is 5.16 Å². The third-order valence-corrected chi connectivity index (χ3v) is 2.09. The molecule has 74 valence electrons. The van der Waals surface area contributed by atoms with E-state index in [9.17, 15) is 4.79 Å². The van der Waals surface area contributed by atoms with E-state index < -0.39 is 0 Å². The molecule has 1 aromatic rings. The van der Waals surface area contributed by atoms with Gasteiger partial charge in [0.2, 0.25) is 0 Å². The second-order valence-corrected chi connectivity index (χ2v) is 3.10. The highest BCUT2D eigenvalue weighted by atomic mass is 16.5. The summed E-state index contributed by atoms with van der Waals surface area (Å²) in [6, 6.07) is 0. The first-order valence-electron chi connectivity index (χ1n) is 4.68. The Morgan fingerprint density at radius 3 is 2.85 bits per heavy atom. The Bertz CT molecular complexity index is 301. The zero-order chi connectivity index (χ0) is 9.68. The first-order chi connectivity index (χ1) is 6.29. The highest BCUT2D eigenvalue weighted by Gasteiger charge is 2.09. The van der Waals surface area contributed by atoms with Crippen molar-refractivity contribution < 1.29 is 4.52 Å². The van der Waals surface area contributed by atoms with Crippen LogP contribution in [0, 0.1) is 0 Å². The lowest BCUT2D eigenvalue weighted by Gasteiger charge is -1.96. The molecule has 1 aromatic heterocycles. The summed E-state index contributed by atoms with van der Waals surface area (Å²) in [5.41, 5.74) is 5.83. The molecule has 0 aliphatic rings. The van der Waals surface area contributed by atoms with Crippen LogP contribution in [0.5, 0.6) is 0 Å². The summed E-state index contributed by atoms with van der Waals surface area (Å²) in [5.74, 6) is 0.723. The van der Waals surface area contributed by atoms with Gasteiger partial charge in [0.25, 0.3) is 5.56 Å². The van der Waals surface area contributed by atoms with Crippen LogP contribution < -0.4 is 11.3 Å². The number of aryl methyl sites for hydroxylation is 1. The van der Waals surface area contributed by atoms with Gasteiger partial charge in [-0.1, -0.05) is 19.8 Å². The van der Waals surface area contributed by atoms with Gasteiger partial charge in [-0.25, -0.2) is 0 Å². The van der Waals surface area contributed by atoms with E-state index in [1.807, 2.05) is 0 Å². The molecule has 0 fully saturated rings. The Morgan fingerprint density at radius 1 is 1.46 bits per heavy atom. The second-order valence-electron chi connectivity index (χ2n) is 3.10. The van der Waals surface area contributed by atoms with E-state index >= 15 is 0 Å². The summed E-state index contributed by atoms with van der Waals surface area (Å²) >= 11 is 0. The molecule has 13 heavy (non-hydrogen) atoms. The molecule has 0 radical (unpaired) electrons. The van der Waals surface area contributed by atoms with Gasteiger partial charge in [-0.3, -0.25) is 4.79 Å². The minimum Gasteiger partial charge on any atom is -0.383 e. The van der Waals surface area contributed by atoms with Gasteiger partial charge in [0.05, 0.1) is 5.56 Å². The topological polar surface area (TPSA) is 72.0 Å². The highest BCUT2D eigenvalue weighted by molar-refractivity contribution is 5.13. The van der Waals surface area contributed by atoms with Crippen molar-refractivity contribution in [3.8, 4) is 0 Å². The lowest BCUT2D eigenvalue weighted by atomic mass is 10.1. The zero-order valence-electron chi connectivity index (χ0n) is 7.93. The standard InChI is InChI=1S/C9H16N2O2/c1-2-3-4-5-8-7(6-10)9(12)11-13-8/h2-6,10H2,1H3,(H,11,12). The number of H-pyrrole nitrogens is 1. The van der Waals surface area contributed by atoms with E-state index in [0.29, 0.717) is 5.56 Å². The molecule has 0 saturated carbocycles. The van der Waals surface area contributed by atoms with Crippen molar-refractivity contribution in [2.24, 2.45) is 5.73 Å². The minimum absolute atomic E-state index is 0.186. The number of hydrogen-bond donors (Lipinski definition) is 2. The summed E-state index contributed by atoms with van der Waals surface area (Å²) < 4.78 is 5.02. The quantitative estimate of drug-likeness (QED) is 0.674. The molecule has 0 aliphatic heterocycles. The van der Waals surface area contributed by atoms with Gasteiger partial charge in [0, 0.05) is 13.0 Å². The Hall–Kier alpha value is -1.03. The molecule has 4 heteroatoms. The van der Waals surface area contributed by atoms with Gasteiger partial charge < -0.3 is 10.3 Å². The van der Waals surface area contributed by atoms with Gasteiger partial charge in [-0.05, 0) is 6.42 Å². The monoisotopic (exact) mass is 184 g/mol. The van der Waals surface area contributed by atoms with Gasteiger partial charge in [0.15, 0.2) is 0 Å². The van der Waals surface area contributed by atoms with Crippen molar-refractivity contribution in [2.45, 2.75) is 39.2 Å². The third kappa shape index (κ3) is 2.45. The molecule has 0 spiro atoms. The number of aromatic amines is 1. The van der Waals surface area contributed by atoms with Crippen molar-refractivity contribution in [2.75, 3.05) is 0 Å². The highest BCUT2D eigenvalue weighted by Crippen LogP contribution is 2.08. The molecule has 4 nitrogen and oxygen atoms in total. The maximum Gasteiger partial charge on any atom is 0.284 e. The molecule has 3 N–H and O–H groups in total.